The van der Waals surface area contributed by atoms with E-state index in [9.17, 15) is 9.50 Å². The minimum Gasteiger partial charge on any atom is -0.492 e. The van der Waals surface area contributed by atoms with Crippen molar-refractivity contribution >= 4 is 16.3 Å². The van der Waals surface area contributed by atoms with Crippen LogP contribution >= 0.6 is 11.3 Å². The van der Waals surface area contributed by atoms with Crippen molar-refractivity contribution in [3.8, 4) is 5.88 Å². The van der Waals surface area contributed by atoms with Gasteiger partial charge in [0.25, 0.3) is 0 Å². The molecule has 0 fully saturated rings. The summed E-state index contributed by atoms with van der Waals surface area (Å²) < 4.78 is 16.3. The molecule has 3 heterocycles. The summed E-state index contributed by atoms with van der Waals surface area (Å²) in [6.45, 7) is 3.45. The van der Waals surface area contributed by atoms with Crippen molar-refractivity contribution in [3.63, 3.8) is 0 Å². The van der Waals surface area contributed by atoms with Gasteiger partial charge in [-0.3, -0.25) is 4.90 Å². The molecule has 1 aliphatic heterocycles. The van der Waals surface area contributed by atoms with Gasteiger partial charge in [0.15, 0.2) is 5.82 Å². The average Bonchev–Trinajstić information content (AvgIpc) is 3.29. The molecule has 29 heavy (non-hydrogen) atoms. The van der Waals surface area contributed by atoms with Gasteiger partial charge in [0.05, 0.1) is 10.9 Å². The summed E-state index contributed by atoms with van der Waals surface area (Å²) in [5.41, 5.74) is 3.13. The van der Waals surface area contributed by atoms with Gasteiger partial charge in [-0.05, 0) is 23.6 Å². The Morgan fingerprint density at radius 1 is 1.14 bits per heavy atom. The summed E-state index contributed by atoms with van der Waals surface area (Å²) in [5.74, 6) is 0.459. The molecule has 5 nitrogen and oxygen atoms in total. The normalized spacial score (nSPS) is 15.5. The van der Waals surface area contributed by atoms with Gasteiger partial charge in [0.2, 0.25) is 10.8 Å². The molecule has 7 heteroatoms. The number of fused-ring (bicyclic) bond motifs is 2. The summed E-state index contributed by atoms with van der Waals surface area (Å²) in [5, 5.41) is 15.4. The first-order chi connectivity index (χ1) is 14.2. The Kier molecular flexibility index (Phi) is 4.56. The van der Waals surface area contributed by atoms with Crippen LogP contribution < -0.4 is 0 Å². The van der Waals surface area contributed by atoms with Gasteiger partial charge in [-0.2, -0.15) is 4.52 Å². The second-order valence-electron chi connectivity index (χ2n) is 7.28. The smallest absolute Gasteiger partial charge is 0.230 e. The maximum Gasteiger partial charge on any atom is 0.230 e. The van der Waals surface area contributed by atoms with Gasteiger partial charge in [-0.15, -0.1) is 5.10 Å². The van der Waals surface area contributed by atoms with Crippen LogP contribution in [0, 0.1) is 5.82 Å². The number of aromatic nitrogens is 3. The molecule has 1 atom stereocenters. The number of benzene rings is 2. The first kappa shape index (κ1) is 18.3. The van der Waals surface area contributed by atoms with Crippen LogP contribution in [0.5, 0.6) is 5.88 Å². The van der Waals surface area contributed by atoms with Crippen LogP contribution in [0.25, 0.3) is 4.96 Å². The third kappa shape index (κ3) is 3.10. The molecule has 0 radical (unpaired) electrons. The lowest BCUT2D eigenvalue weighted by Crippen LogP contribution is -2.35. The van der Waals surface area contributed by atoms with Gasteiger partial charge in [-0.25, -0.2) is 9.37 Å². The number of aryl methyl sites for hydroxylation is 1. The van der Waals surface area contributed by atoms with E-state index in [0.717, 1.165) is 13.0 Å². The van der Waals surface area contributed by atoms with E-state index in [1.165, 1.54) is 33.0 Å². The second kappa shape index (κ2) is 7.24. The SMILES string of the molecule is CCc1nc2sc([C@H](c3ccccc3F)N3CCc4ccccc4C3)c(O)n2n1. The Morgan fingerprint density at radius 2 is 1.90 bits per heavy atom. The number of nitrogens with zero attached hydrogens (tertiary/aromatic N) is 4. The predicted molar refractivity (Wildman–Crippen MR) is 111 cm³/mol. The van der Waals surface area contributed by atoms with Crippen molar-refractivity contribution in [1.82, 2.24) is 19.5 Å². The minimum absolute atomic E-state index is 0.0457. The molecule has 2 aromatic carbocycles. The Bertz CT molecular complexity index is 1180. The standard InChI is InChI=1S/C22H21FN4OS/c1-2-18-24-22-27(25-18)21(28)20(29-22)19(16-9-5-6-10-17(16)23)26-12-11-14-7-3-4-8-15(14)13-26/h3-10,19,28H,2,11-13H2,1H3/t19-/m0/s1. The molecule has 0 saturated carbocycles. The summed E-state index contributed by atoms with van der Waals surface area (Å²) in [6.07, 6.45) is 1.59. The van der Waals surface area contributed by atoms with E-state index in [4.69, 9.17) is 0 Å². The maximum atomic E-state index is 14.9. The van der Waals surface area contributed by atoms with E-state index in [1.54, 1.807) is 12.1 Å². The molecule has 0 amide bonds. The van der Waals surface area contributed by atoms with Crippen LogP contribution in [0.15, 0.2) is 48.5 Å². The molecular formula is C22H21FN4OS. The van der Waals surface area contributed by atoms with Crippen LogP contribution in [0.2, 0.25) is 0 Å². The van der Waals surface area contributed by atoms with Gasteiger partial charge in [0.1, 0.15) is 5.82 Å². The Balaban J connectivity index is 1.63. The molecule has 0 unspecified atom stereocenters. The molecule has 1 N–H and O–H groups in total. The van der Waals surface area contributed by atoms with E-state index in [1.807, 2.05) is 19.1 Å². The topological polar surface area (TPSA) is 53.7 Å². The van der Waals surface area contributed by atoms with Crippen molar-refractivity contribution in [3.05, 3.63) is 81.7 Å². The fourth-order valence-electron chi connectivity index (χ4n) is 4.06. The quantitative estimate of drug-likeness (QED) is 0.546. The number of rotatable bonds is 4. The highest BCUT2D eigenvalue weighted by Crippen LogP contribution is 2.42. The zero-order valence-corrected chi connectivity index (χ0v) is 16.9. The molecule has 148 valence electrons. The first-order valence-electron chi connectivity index (χ1n) is 9.78. The second-order valence-corrected chi connectivity index (χ2v) is 8.29. The van der Waals surface area contributed by atoms with E-state index in [0.29, 0.717) is 34.2 Å². The van der Waals surface area contributed by atoms with Crippen molar-refractivity contribution in [2.75, 3.05) is 6.54 Å². The molecule has 0 bridgehead atoms. The van der Waals surface area contributed by atoms with Crippen molar-refractivity contribution in [2.24, 2.45) is 0 Å². The fourth-order valence-corrected chi connectivity index (χ4v) is 5.18. The summed E-state index contributed by atoms with van der Waals surface area (Å²) >= 11 is 1.38. The lowest BCUT2D eigenvalue weighted by Gasteiger charge is -2.35. The molecule has 5 rings (SSSR count). The predicted octanol–water partition coefficient (Wildman–Crippen LogP) is 4.35. The molecule has 4 aromatic rings. The molecule has 2 aromatic heterocycles. The van der Waals surface area contributed by atoms with Crippen molar-refractivity contribution in [1.29, 1.82) is 0 Å². The van der Waals surface area contributed by atoms with Gasteiger partial charge >= 0.3 is 0 Å². The van der Waals surface area contributed by atoms with Crippen molar-refractivity contribution < 1.29 is 9.50 Å². The first-order valence-corrected chi connectivity index (χ1v) is 10.6. The largest absolute Gasteiger partial charge is 0.492 e. The zero-order chi connectivity index (χ0) is 20.0. The molecule has 1 aliphatic rings. The van der Waals surface area contributed by atoms with Gasteiger partial charge < -0.3 is 5.11 Å². The van der Waals surface area contributed by atoms with E-state index < -0.39 is 6.04 Å². The van der Waals surface area contributed by atoms with Crippen LogP contribution in [-0.4, -0.2) is 31.1 Å². The molecule has 0 spiro atoms. The van der Waals surface area contributed by atoms with Crippen LogP contribution in [0.3, 0.4) is 0 Å². The van der Waals surface area contributed by atoms with E-state index in [2.05, 4.69) is 33.2 Å². The summed E-state index contributed by atoms with van der Waals surface area (Å²) in [4.78, 5) is 8.02. The minimum atomic E-state index is -0.400. The van der Waals surface area contributed by atoms with E-state index >= 15 is 0 Å². The monoisotopic (exact) mass is 408 g/mol. The number of aromatic hydroxyl groups is 1. The number of thiazole rings is 1. The maximum absolute atomic E-state index is 14.9. The van der Waals surface area contributed by atoms with Crippen LogP contribution in [-0.2, 0) is 19.4 Å². The fraction of sp³-hybridized carbons (Fsp3) is 0.273. The zero-order valence-electron chi connectivity index (χ0n) is 16.0. The lowest BCUT2D eigenvalue weighted by molar-refractivity contribution is 0.202. The Hall–Kier alpha value is -2.77. The highest BCUT2D eigenvalue weighted by Gasteiger charge is 2.33. The van der Waals surface area contributed by atoms with Crippen LogP contribution in [0.4, 0.5) is 4.39 Å². The average molecular weight is 409 g/mol. The third-order valence-electron chi connectivity index (χ3n) is 5.53. The molecule has 0 saturated heterocycles. The van der Waals surface area contributed by atoms with Crippen molar-refractivity contribution in [2.45, 2.75) is 32.4 Å². The number of hydrogen-bond donors (Lipinski definition) is 1. The van der Waals surface area contributed by atoms with Crippen LogP contribution in [0.1, 0.15) is 40.4 Å². The summed E-state index contributed by atoms with van der Waals surface area (Å²) in [6, 6.07) is 14.8. The Morgan fingerprint density at radius 3 is 2.66 bits per heavy atom. The molecule has 0 aliphatic carbocycles. The highest BCUT2D eigenvalue weighted by molar-refractivity contribution is 7.17. The van der Waals surface area contributed by atoms with Gasteiger partial charge in [-0.1, -0.05) is 60.7 Å². The third-order valence-corrected chi connectivity index (χ3v) is 6.61. The number of halogens is 1. The summed E-state index contributed by atoms with van der Waals surface area (Å²) in [7, 11) is 0. The number of hydrogen-bond acceptors (Lipinski definition) is 5. The van der Waals surface area contributed by atoms with Gasteiger partial charge in [0, 0.05) is 25.1 Å². The Labute approximate surface area is 172 Å². The lowest BCUT2D eigenvalue weighted by atomic mass is 9.95. The van der Waals surface area contributed by atoms with E-state index in [-0.39, 0.29) is 11.7 Å². The highest BCUT2D eigenvalue weighted by atomic mass is 32.1. The molecular weight excluding hydrogens is 387 g/mol.